The molecule has 75 heavy (non-hydrogen) atoms. The number of aliphatic hydroxyl groups excluding tert-OH is 18. The van der Waals surface area contributed by atoms with Crippen molar-refractivity contribution in [3.05, 3.63) is 0 Å². The number of carbonyl (C=O) groups excluding carboxylic acids is 1. The van der Waals surface area contributed by atoms with Gasteiger partial charge in [0.05, 0.1) is 51.3 Å². The second-order valence-corrected chi connectivity index (χ2v) is 19.0. The fraction of sp³-hybridized carbons (Fsp3) is 0.951. The van der Waals surface area contributed by atoms with Crippen molar-refractivity contribution in [1.29, 1.82) is 0 Å². The highest BCUT2D eigenvalue weighted by Gasteiger charge is 2.61. The van der Waals surface area contributed by atoms with Gasteiger partial charge in [0.2, 0.25) is 5.91 Å². The van der Waals surface area contributed by atoms with Crippen molar-refractivity contribution in [2.75, 3.05) is 33.0 Å². The van der Waals surface area contributed by atoms with E-state index in [4.69, 9.17) is 57.8 Å². The molecule has 0 spiro atoms. The molecule has 6 heterocycles. The molecule has 0 aromatic heterocycles. The Morgan fingerprint density at radius 2 is 1.08 bits per heavy atom. The van der Waals surface area contributed by atoms with E-state index in [0.717, 1.165) is 6.92 Å². The van der Waals surface area contributed by atoms with Crippen LogP contribution in [0.25, 0.3) is 0 Å². The number of carboxylic acid groups (broad SMARTS) is 1. The number of aliphatic carboxylic acids is 1. The number of hydrogen-bond donors (Lipinski definition) is 21. The quantitative estimate of drug-likeness (QED) is 0.0571. The molecule has 6 fully saturated rings. The molecule has 34 nitrogen and oxygen atoms in total. The van der Waals surface area contributed by atoms with Gasteiger partial charge in [-0.05, 0) is 6.92 Å². The normalized spacial score (nSPS) is 49.7. The number of amides is 1. The van der Waals surface area contributed by atoms with Crippen LogP contribution >= 0.6 is 0 Å². The number of nitrogens with one attached hydrogen (secondary N) is 1. The summed E-state index contributed by atoms with van der Waals surface area (Å²) in [6.07, 6.45) is -57.2. The van der Waals surface area contributed by atoms with E-state index < -0.39 is 241 Å². The third kappa shape index (κ3) is 12.9. The minimum absolute atomic E-state index is 0.937. The number of hydrogen-bond acceptors (Lipinski definition) is 32. The van der Waals surface area contributed by atoms with Gasteiger partial charge in [0, 0.05) is 13.3 Å². The van der Waals surface area contributed by atoms with Crippen LogP contribution in [-0.2, 0) is 61.7 Å². The largest absolute Gasteiger partial charge is 0.477 e. The van der Waals surface area contributed by atoms with Gasteiger partial charge in [-0.2, -0.15) is 0 Å². The zero-order chi connectivity index (χ0) is 55.7. The standard InChI is InChI=1S/C41H70N2O32/c1-9-19(52)23(56)26(59)37(65-9)72-32-18(43-10(2)49)36(73-33-21(54)13(5-45)67-38(27(33)60)70-29-15(7-47)66-35(62)25(58)24(29)57)69-16(8-48)30(32)71-39-28(61)34(22(55)14(6-46)68-39)75-41(40(63)64)3-11(50)17(42)31(74-41)20(53)12(51)4-44/h9,11-39,44-48,50-62H,3-8,42H2,1-2H3,(H,43,49)(H,63,64)/t9-,11-,12+,13+,14+,15+,16+,17+,18+,19+,20+,21-,22-,23+,24+,25+,26-,27+,28+,29+,30+,31+,32+,33-,34-,35+,36-,37-,38-,39-,41-/m0/s1. The maximum atomic E-state index is 13.1. The zero-order valence-electron chi connectivity index (χ0n) is 39.9. The van der Waals surface area contributed by atoms with Gasteiger partial charge in [-0.3, -0.25) is 4.79 Å². The first-order chi connectivity index (χ1) is 35.3. The van der Waals surface area contributed by atoms with Gasteiger partial charge in [-0.15, -0.1) is 0 Å². The summed E-state index contributed by atoms with van der Waals surface area (Å²) in [5.41, 5.74) is 5.96. The van der Waals surface area contributed by atoms with E-state index in [9.17, 15) is 107 Å². The first-order valence-corrected chi connectivity index (χ1v) is 23.7. The summed E-state index contributed by atoms with van der Waals surface area (Å²) >= 11 is 0. The summed E-state index contributed by atoms with van der Waals surface area (Å²) in [6, 6.07) is -3.56. The fourth-order valence-corrected chi connectivity index (χ4v) is 9.58. The number of carboxylic acids is 1. The van der Waals surface area contributed by atoms with Crippen molar-refractivity contribution in [2.45, 2.75) is 210 Å². The second kappa shape index (κ2) is 25.9. The topological polar surface area (TPSA) is 558 Å². The summed E-state index contributed by atoms with van der Waals surface area (Å²) in [5.74, 6) is -6.17. The minimum atomic E-state index is -3.16. The Kier molecular flexibility index (Phi) is 21.4. The number of rotatable bonds is 19. The Morgan fingerprint density at radius 3 is 1.63 bits per heavy atom. The summed E-state index contributed by atoms with van der Waals surface area (Å²) in [5, 5.41) is 205. The highest BCUT2D eigenvalue weighted by molar-refractivity contribution is 5.76. The van der Waals surface area contributed by atoms with Crippen LogP contribution in [0.1, 0.15) is 20.3 Å². The summed E-state index contributed by atoms with van der Waals surface area (Å²) < 4.78 is 63.4. The first-order valence-electron chi connectivity index (χ1n) is 23.7. The number of nitrogens with two attached hydrogens (primary N) is 1. The maximum absolute atomic E-state index is 13.1. The van der Waals surface area contributed by atoms with Crippen molar-refractivity contribution in [1.82, 2.24) is 5.32 Å². The Labute approximate surface area is 424 Å². The van der Waals surface area contributed by atoms with Gasteiger partial charge in [0.25, 0.3) is 5.79 Å². The molecule has 0 aliphatic carbocycles. The van der Waals surface area contributed by atoms with E-state index in [1.54, 1.807) is 0 Å². The van der Waals surface area contributed by atoms with Crippen LogP contribution in [0.3, 0.4) is 0 Å². The average molecular weight is 1100 g/mol. The molecule has 0 saturated carbocycles. The molecule has 0 aromatic rings. The minimum Gasteiger partial charge on any atom is -0.477 e. The van der Waals surface area contributed by atoms with Crippen molar-refractivity contribution in [3.8, 4) is 0 Å². The first kappa shape index (κ1) is 61.9. The molecular weight excluding hydrogens is 1030 g/mol. The van der Waals surface area contributed by atoms with Crippen molar-refractivity contribution in [2.24, 2.45) is 5.73 Å². The third-order valence-electron chi connectivity index (χ3n) is 13.9. The van der Waals surface area contributed by atoms with Gasteiger partial charge in [-0.1, -0.05) is 0 Å². The Balaban J connectivity index is 1.36. The van der Waals surface area contributed by atoms with E-state index in [1.165, 1.54) is 6.92 Å². The lowest BCUT2D eigenvalue weighted by Gasteiger charge is -2.52. The van der Waals surface area contributed by atoms with Crippen LogP contribution in [-0.4, -0.2) is 332 Å². The lowest BCUT2D eigenvalue weighted by atomic mass is 9.88. The lowest BCUT2D eigenvalue weighted by molar-refractivity contribution is -0.399. The lowest BCUT2D eigenvalue weighted by Crippen LogP contribution is -2.72. The summed E-state index contributed by atoms with van der Waals surface area (Å²) in [4.78, 5) is 26.1. The van der Waals surface area contributed by atoms with E-state index >= 15 is 0 Å². The molecule has 22 N–H and O–H groups in total. The highest BCUT2D eigenvalue weighted by atomic mass is 16.8. The summed E-state index contributed by atoms with van der Waals surface area (Å²) in [7, 11) is 0. The molecule has 34 heteroatoms. The maximum Gasteiger partial charge on any atom is 0.364 e. The van der Waals surface area contributed by atoms with Gasteiger partial charge >= 0.3 is 5.97 Å². The van der Waals surface area contributed by atoms with E-state index in [0.29, 0.717) is 0 Å². The molecule has 436 valence electrons. The van der Waals surface area contributed by atoms with Gasteiger partial charge in [0.15, 0.2) is 31.5 Å². The molecule has 6 aliphatic heterocycles. The van der Waals surface area contributed by atoms with Gasteiger partial charge in [0.1, 0.15) is 134 Å². The van der Waals surface area contributed by atoms with Crippen LogP contribution in [0.2, 0.25) is 0 Å². The van der Waals surface area contributed by atoms with Crippen molar-refractivity contribution in [3.63, 3.8) is 0 Å². The van der Waals surface area contributed by atoms with Crippen LogP contribution in [0.15, 0.2) is 0 Å². The fourth-order valence-electron chi connectivity index (χ4n) is 9.58. The monoisotopic (exact) mass is 1100 g/mol. The van der Waals surface area contributed by atoms with Crippen LogP contribution in [0, 0.1) is 0 Å². The Morgan fingerprint density at radius 1 is 0.587 bits per heavy atom. The van der Waals surface area contributed by atoms with Gasteiger partial charge in [-0.25, -0.2) is 4.79 Å². The molecule has 1 amide bonds. The second-order valence-electron chi connectivity index (χ2n) is 19.0. The number of aliphatic hydroxyl groups is 18. The molecule has 0 radical (unpaired) electrons. The molecule has 6 saturated heterocycles. The Bertz CT molecular complexity index is 1830. The molecule has 31 atom stereocenters. The molecular formula is C41H70N2O32. The number of carbonyl (C=O) groups is 2. The van der Waals surface area contributed by atoms with Crippen LogP contribution in [0.5, 0.6) is 0 Å². The van der Waals surface area contributed by atoms with E-state index in [-0.39, 0.29) is 0 Å². The van der Waals surface area contributed by atoms with Crippen LogP contribution in [0.4, 0.5) is 0 Å². The molecule has 6 rings (SSSR count). The molecule has 6 aliphatic rings. The smallest absolute Gasteiger partial charge is 0.364 e. The zero-order valence-corrected chi connectivity index (χ0v) is 39.9. The van der Waals surface area contributed by atoms with Crippen molar-refractivity contribution >= 4 is 11.9 Å². The Hall–Kier alpha value is -2.26. The molecule has 0 bridgehead atoms. The van der Waals surface area contributed by atoms with Crippen LogP contribution < -0.4 is 11.1 Å². The third-order valence-corrected chi connectivity index (χ3v) is 13.9. The highest BCUT2D eigenvalue weighted by Crippen LogP contribution is 2.40. The van der Waals surface area contributed by atoms with E-state index in [2.05, 4.69) is 5.32 Å². The van der Waals surface area contributed by atoms with Gasteiger partial charge < -0.3 is 160 Å². The van der Waals surface area contributed by atoms with Crippen molar-refractivity contribution < 1.29 is 159 Å². The van der Waals surface area contributed by atoms with E-state index in [1.807, 2.05) is 0 Å². The predicted molar refractivity (Wildman–Crippen MR) is 229 cm³/mol. The average Bonchev–Trinajstić information content (AvgIpc) is 3.37. The molecule has 0 aromatic carbocycles. The predicted octanol–water partition coefficient (Wildman–Crippen LogP) is -13.8. The SMILES string of the molecule is CC(=O)N[C@H]1[C@H](O[C@H]2[C@@H](O)[C@@H](CO)O[C@@H](O[C@H]3[C@H](O)[C@@H](O)[C@H](O)O[C@@H]3CO)[C@@H]2O)O[C@H](CO)[C@@H](O[C@@H]2O[C@H](CO)[C@H](O)[C@H](O[C@]3(C(=O)O)C[C@H](O)[C@@H](N)[C@H]([C@H](O)[C@H](O)CO)O3)[C@H]2O)[C@@H]1O[C@@H]1O[C@@H](C)[C@@H](O)[C@@H](O)[C@@H]1O. The number of ether oxygens (including phenoxy) is 11. The summed E-state index contributed by atoms with van der Waals surface area (Å²) in [6.45, 7) is -3.19. The molecule has 0 unspecified atom stereocenters.